The minimum Gasteiger partial charge on any atom is -0.305 e. The summed E-state index contributed by atoms with van der Waals surface area (Å²) in [5, 5.41) is 0. The van der Waals surface area contributed by atoms with E-state index in [1.54, 1.807) is 18.3 Å². The van der Waals surface area contributed by atoms with Crippen LogP contribution in [-0.2, 0) is 6.54 Å². The van der Waals surface area contributed by atoms with Crippen molar-refractivity contribution in [2.24, 2.45) is 0 Å². The van der Waals surface area contributed by atoms with Crippen molar-refractivity contribution in [3.63, 3.8) is 0 Å². The van der Waals surface area contributed by atoms with E-state index in [4.69, 9.17) is 0 Å². The van der Waals surface area contributed by atoms with Gasteiger partial charge < -0.3 is 4.98 Å². The predicted octanol–water partition coefficient (Wildman–Crippen LogP) is 3.49. The Morgan fingerprint density at radius 2 is 2.07 bits per heavy atom. The number of aromatic amines is 1. The van der Waals surface area contributed by atoms with Crippen LogP contribution in [0.4, 0.5) is 8.78 Å². The van der Waals surface area contributed by atoms with Crippen LogP contribution in [0.3, 0.4) is 0 Å². The van der Waals surface area contributed by atoms with Gasteiger partial charge in [-0.2, -0.15) is 0 Å². The molecule has 1 saturated heterocycles. The van der Waals surface area contributed by atoms with Gasteiger partial charge in [0.05, 0.1) is 5.69 Å². The van der Waals surface area contributed by atoms with Crippen molar-refractivity contribution >= 4 is 0 Å². The van der Waals surface area contributed by atoms with E-state index >= 15 is 0 Å². The maximum Gasteiger partial charge on any atom is 0.251 e. The van der Waals surface area contributed by atoms with E-state index in [0.29, 0.717) is 35.9 Å². The molecule has 2 aromatic heterocycles. The first kappa shape index (κ1) is 18.4. The number of benzene rings is 1. The van der Waals surface area contributed by atoms with Crippen molar-refractivity contribution in [3.05, 3.63) is 81.9 Å². The standard InChI is InChI=1S/C21H20F2N4O/c22-16-7-6-14(17(23)10-16)12-27-9-3-4-15(13-27)19-11-20(28)26-21(25-19)18-5-1-2-8-24-18/h1-2,5-8,10-11,15H,3-4,9,12-13H2,(H,25,26,28). The van der Waals surface area contributed by atoms with Crippen LogP contribution in [-0.4, -0.2) is 32.9 Å². The predicted molar refractivity (Wildman–Crippen MR) is 102 cm³/mol. The van der Waals surface area contributed by atoms with Crippen LogP contribution in [0.1, 0.15) is 30.0 Å². The quantitative estimate of drug-likeness (QED) is 0.750. The summed E-state index contributed by atoms with van der Waals surface area (Å²) in [4.78, 5) is 25.9. The number of aromatic nitrogens is 3. The summed E-state index contributed by atoms with van der Waals surface area (Å²) in [6.45, 7) is 1.89. The molecule has 1 aliphatic rings. The minimum atomic E-state index is -0.576. The number of nitrogens with one attached hydrogen (secondary N) is 1. The lowest BCUT2D eigenvalue weighted by molar-refractivity contribution is 0.196. The van der Waals surface area contributed by atoms with Crippen molar-refractivity contribution in [2.75, 3.05) is 13.1 Å². The largest absolute Gasteiger partial charge is 0.305 e. The van der Waals surface area contributed by atoms with Gasteiger partial charge in [0.25, 0.3) is 5.56 Å². The molecule has 28 heavy (non-hydrogen) atoms. The second-order valence-corrected chi connectivity index (χ2v) is 7.04. The topological polar surface area (TPSA) is 61.9 Å². The fourth-order valence-corrected chi connectivity index (χ4v) is 3.64. The third-order valence-corrected chi connectivity index (χ3v) is 5.00. The smallest absolute Gasteiger partial charge is 0.251 e. The number of nitrogens with zero attached hydrogens (tertiary/aromatic N) is 3. The van der Waals surface area contributed by atoms with E-state index < -0.39 is 11.6 Å². The van der Waals surface area contributed by atoms with Gasteiger partial charge >= 0.3 is 0 Å². The Kier molecular flexibility index (Phi) is 5.25. The van der Waals surface area contributed by atoms with Gasteiger partial charge in [-0.15, -0.1) is 0 Å². The number of halogens is 2. The summed E-state index contributed by atoms with van der Waals surface area (Å²) in [6.07, 6.45) is 3.48. The number of likely N-dealkylation sites (tertiary alicyclic amines) is 1. The Morgan fingerprint density at radius 1 is 1.18 bits per heavy atom. The molecule has 1 aliphatic heterocycles. The lowest BCUT2D eigenvalue weighted by Crippen LogP contribution is -2.35. The van der Waals surface area contributed by atoms with Crippen molar-refractivity contribution in [1.82, 2.24) is 19.9 Å². The van der Waals surface area contributed by atoms with Gasteiger partial charge in [-0.25, -0.2) is 13.8 Å². The Balaban J connectivity index is 1.55. The average Bonchev–Trinajstić information content (AvgIpc) is 2.71. The SMILES string of the molecule is O=c1cc(C2CCCN(Cc3ccc(F)cc3F)C2)nc(-c2ccccn2)[nH]1. The van der Waals surface area contributed by atoms with E-state index in [1.165, 1.54) is 18.2 Å². The zero-order valence-corrected chi connectivity index (χ0v) is 15.2. The van der Waals surface area contributed by atoms with Gasteiger partial charge in [-0.05, 0) is 37.6 Å². The first-order chi connectivity index (χ1) is 13.6. The highest BCUT2D eigenvalue weighted by atomic mass is 19.1. The number of rotatable bonds is 4. The lowest BCUT2D eigenvalue weighted by Gasteiger charge is -2.32. The van der Waals surface area contributed by atoms with E-state index in [9.17, 15) is 13.6 Å². The van der Waals surface area contributed by atoms with Crippen LogP contribution in [0.25, 0.3) is 11.5 Å². The molecule has 144 valence electrons. The molecular weight excluding hydrogens is 362 g/mol. The van der Waals surface area contributed by atoms with Crippen LogP contribution in [0.5, 0.6) is 0 Å². The van der Waals surface area contributed by atoms with Crippen LogP contribution >= 0.6 is 0 Å². The molecule has 0 spiro atoms. The number of hydrogen-bond acceptors (Lipinski definition) is 4. The van der Waals surface area contributed by atoms with Crippen molar-refractivity contribution in [1.29, 1.82) is 0 Å². The molecular formula is C21H20F2N4O. The van der Waals surface area contributed by atoms with Crippen LogP contribution in [0, 0.1) is 11.6 Å². The second kappa shape index (κ2) is 7.98. The third-order valence-electron chi connectivity index (χ3n) is 5.00. The minimum absolute atomic E-state index is 0.0713. The molecule has 0 aliphatic carbocycles. The normalized spacial score (nSPS) is 17.6. The maximum atomic E-state index is 14.0. The molecule has 0 amide bonds. The van der Waals surface area contributed by atoms with Gasteiger partial charge in [0.1, 0.15) is 17.3 Å². The molecule has 5 nitrogen and oxygen atoms in total. The molecule has 1 unspecified atom stereocenters. The number of piperidine rings is 1. The molecule has 4 rings (SSSR count). The highest BCUT2D eigenvalue weighted by Crippen LogP contribution is 2.27. The Bertz CT molecular complexity index is 1020. The van der Waals surface area contributed by atoms with Gasteiger partial charge in [0.15, 0.2) is 5.82 Å². The molecule has 1 N–H and O–H groups in total. The summed E-state index contributed by atoms with van der Waals surface area (Å²) in [6, 6.07) is 10.6. The van der Waals surface area contributed by atoms with Crippen LogP contribution in [0.2, 0.25) is 0 Å². The summed E-state index contributed by atoms with van der Waals surface area (Å²) in [7, 11) is 0. The molecule has 7 heteroatoms. The van der Waals surface area contributed by atoms with E-state index in [2.05, 4.69) is 19.9 Å². The highest BCUT2D eigenvalue weighted by molar-refractivity contribution is 5.48. The first-order valence-electron chi connectivity index (χ1n) is 9.27. The molecule has 3 heterocycles. The molecule has 3 aromatic rings. The Hall–Kier alpha value is -2.93. The van der Waals surface area contributed by atoms with E-state index in [0.717, 1.165) is 25.5 Å². The van der Waals surface area contributed by atoms with Gasteiger partial charge in [-0.1, -0.05) is 12.1 Å². The molecule has 0 radical (unpaired) electrons. The van der Waals surface area contributed by atoms with Crippen molar-refractivity contribution < 1.29 is 8.78 Å². The highest BCUT2D eigenvalue weighted by Gasteiger charge is 2.24. The van der Waals surface area contributed by atoms with Crippen molar-refractivity contribution in [3.8, 4) is 11.5 Å². The number of H-pyrrole nitrogens is 1. The molecule has 0 saturated carbocycles. The summed E-state index contributed by atoms with van der Waals surface area (Å²) >= 11 is 0. The number of pyridine rings is 1. The molecule has 1 fully saturated rings. The Morgan fingerprint density at radius 3 is 2.86 bits per heavy atom. The lowest BCUT2D eigenvalue weighted by atomic mass is 9.94. The van der Waals surface area contributed by atoms with Gasteiger partial charge in [-0.3, -0.25) is 14.7 Å². The average molecular weight is 382 g/mol. The number of hydrogen-bond donors (Lipinski definition) is 1. The summed E-state index contributed by atoms with van der Waals surface area (Å²) in [5.74, 6) is -0.590. The zero-order chi connectivity index (χ0) is 19.5. The van der Waals surface area contributed by atoms with E-state index in [-0.39, 0.29) is 11.5 Å². The molecule has 1 aromatic carbocycles. The fraction of sp³-hybridized carbons (Fsp3) is 0.286. The van der Waals surface area contributed by atoms with Crippen molar-refractivity contribution in [2.45, 2.75) is 25.3 Å². The molecule has 1 atom stereocenters. The monoisotopic (exact) mass is 382 g/mol. The first-order valence-corrected chi connectivity index (χ1v) is 9.27. The van der Waals surface area contributed by atoms with Gasteiger partial charge in [0.2, 0.25) is 0 Å². The zero-order valence-electron chi connectivity index (χ0n) is 15.2. The second-order valence-electron chi connectivity index (χ2n) is 7.04. The fourth-order valence-electron chi connectivity index (χ4n) is 3.64. The maximum absolute atomic E-state index is 14.0. The van der Waals surface area contributed by atoms with Crippen LogP contribution in [0.15, 0.2) is 53.5 Å². The third kappa shape index (κ3) is 4.14. The summed E-state index contributed by atoms with van der Waals surface area (Å²) in [5.41, 5.74) is 1.58. The van der Waals surface area contributed by atoms with Gasteiger partial charge in [0, 0.05) is 42.9 Å². The summed E-state index contributed by atoms with van der Waals surface area (Å²) < 4.78 is 27.1. The van der Waals surface area contributed by atoms with E-state index in [1.807, 2.05) is 6.07 Å². The Labute approximate surface area is 161 Å². The van der Waals surface area contributed by atoms with Crippen LogP contribution < -0.4 is 5.56 Å². The molecule has 0 bridgehead atoms.